The van der Waals surface area contributed by atoms with E-state index in [1.807, 2.05) is 13.8 Å². The highest BCUT2D eigenvalue weighted by atomic mass is 19.1. The monoisotopic (exact) mass is 281 g/mol. The quantitative estimate of drug-likeness (QED) is 0.807. The summed E-state index contributed by atoms with van der Waals surface area (Å²) in [7, 11) is 0. The lowest BCUT2D eigenvalue weighted by Gasteiger charge is -2.20. The molecule has 2 N–H and O–H groups in total. The molecule has 0 saturated heterocycles. The first-order valence-corrected chi connectivity index (χ1v) is 6.75. The lowest BCUT2D eigenvalue weighted by Crippen LogP contribution is -2.34. The largest absolute Gasteiger partial charge is 0.481 e. The van der Waals surface area contributed by atoms with Gasteiger partial charge in [0.25, 0.3) is 0 Å². The molecule has 0 aliphatic rings. The molecule has 0 aliphatic heterocycles. The Kier molecular flexibility index (Phi) is 6.15. The average Bonchev–Trinajstić information content (AvgIpc) is 2.39. The summed E-state index contributed by atoms with van der Waals surface area (Å²) < 4.78 is 12.9. The summed E-state index contributed by atoms with van der Waals surface area (Å²) in [6.45, 7) is 3.83. The van der Waals surface area contributed by atoms with Crippen LogP contribution in [0.25, 0.3) is 0 Å². The van der Waals surface area contributed by atoms with Crippen LogP contribution in [-0.2, 0) is 9.59 Å². The first-order valence-electron chi connectivity index (χ1n) is 6.75. The highest BCUT2D eigenvalue weighted by molar-refractivity contribution is 5.80. The van der Waals surface area contributed by atoms with Crippen molar-refractivity contribution in [3.05, 3.63) is 35.6 Å². The van der Waals surface area contributed by atoms with Crippen molar-refractivity contribution in [2.24, 2.45) is 5.92 Å². The Morgan fingerprint density at radius 1 is 1.20 bits per heavy atom. The van der Waals surface area contributed by atoms with Crippen LogP contribution in [0.1, 0.15) is 44.7 Å². The molecule has 110 valence electrons. The molecular weight excluding hydrogens is 261 g/mol. The van der Waals surface area contributed by atoms with Gasteiger partial charge in [-0.3, -0.25) is 9.59 Å². The number of halogens is 1. The number of carbonyl (C=O) groups is 2. The second kappa shape index (κ2) is 7.62. The first-order chi connectivity index (χ1) is 9.47. The smallest absolute Gasteiger partial charge is 0.305 e. The van der Waals surface area contributed by atoms with Crippen molar-refractivity contribution >= 4 is 11.9 Å². The van der Waals surface area contributed by atoms with Crippen LogP contribution < -0.4 is 5.32 Å². The van der Waals surface area contributed by atoms with Crippen LogP contribution in [0.3, 0.4) is 0 Å². The molecule has 20 heavy (non-hydrogen) atoms. The highest BCUT2D eigenvalue weighted by Gasteiger charge is 2.21. The maximum atomic E-state index is 12.9. The van der Waals surface area contributed by atoms with Gasteiger partial charge in [0.1, 0.15) is 5.82 Å². The number of benzene rings is 1. The van der Waals surface area contributed by atoms with Gasteiger partial charge in [-0.1, -0.05) is 26.0 Å². The third-order valence-corrected chi connectivity index (χ3v) is 3.32. The second-order valence-electron chi connectivity index (χ2n) is 4.72. The minimum absolute atomic E-state index is 0.133. The van der Waals surface area contributed by atoms with E-state index in [0.717, 1.165) is 0 Å². The maximum absolute atomic E-state index is 12.9. The number of carboxylic acids is 1. The zero-order valence-corrected chi connectivity index (χ0v) is 11.7. The molecule has 1 rings (SSSR count). The molecule has 0 aromatic heterocycles. The number of carbonyl (C=O) groups excluding carboxylic acids is 1. The molecule has 0 radical (unpaired) electrons. The SMILES string of the molecule is CCC(CC)C(=O)NC(CC(=O)O)c1ccc(F)cc1. The van der Waals surface area contributed by atoms with Crippen LogP contribution in [0.15, 0.2) is 24.3 Å². The molecule has 5 heteroatoms. The summed E-state index contributed by atoms with van der Waals surface area (Å²) in [5.41, 5.74) is 0.591. The van der Waals surface area contributed by atoms with Gasteiger partial charge in [-0.25, -0.2) is 4.39 Å². The molecule has 0 aliphatic carbocycles. The van der Waals surface area contributed by atoms with Gasteiger partial charge >= 0.3 is 5.97 Å². The van der Waals surface area contributed by atoms with Crippen LogP contribution in [-0.4, -0.2) is 17.0 Å². The zero-order valence-electron chi connectivity index (χ0n) is 11.7. The topological polar surface area (TPSA) is 66.4 Å². The highest BCUT2D eigenvalue weighted by Crippen LogP contribution is 2.19. The second-order valence-corrected chi connectivity index (χ2v) is 4.72. The number of hydrogen-bond donors (Lipinski definition) is 2. The van der Waals surface area contributed by atoms with E-state index in [1.165, 1.54) is 24.3 Å². The standard InChI is InChI=1S/C15H20FNO3/c1-3-10(4-2)15(20)17-13(9-14(18)19)11-5-7-12(16)8-6-11/h5-8,10,13H,3-4,9H2,1-2H3,(H,17,20)(H,18,19). The molecule has 1 aromatic carbocycles. The van der Waals surface area contributed by atoms with Crippen molar-refractivity contribution in [2.75, 3.05) is 0 Å². The van der Waals surface area contributed by atoms with Gasteiger partial charge in [0.15, 0.2) is 0 Å². The van der Waals surface area contributed by atoms with Gasteiger partial charge in [-0.05, 0) is 30.5 Å². The summed E-state index contributed by atoms with van der Waals surface area (Å²) in [6.07, 6.45) is 1.18. The molecule has 0 heterocycles. The Hall–Kier alpha value is -1.91. The van der Waals surface area contributed by atoms with Crippen molar-refractivity contribution in [2.45, 2.75) is 39.2 Å². The summed E-state index contributed by atoms with van der Waals surface area (Å²) in [6, 6.07) is 4.87. The van der Waals surface area contributed by atoms with Gasteiger partial charge < -0.3 is 10.4 Å². The van der Waals surface area contributed by atoms with Crippen molar-refractivity contribution in [3.63, 3.8) is 0 Å². The fourth-order valence-corrected chi connectivity index (χ4v) is 2.07. The molecule has 1 amide bonds. The number of nitrogens with one attached hydrogen (secondary N) is 1. The summed E-state index contributed by atoms with van der Waals surface area (Å²) in [4.78, 5) is 23.0. The number of rotatable bonds is 7. The minimum Gasteiger partial charge on any atom is -0.481 e. The fourth-order valence-electron chi connectivity index (χ4n) is 2.07. The third kappa shape index (κ3) is 4.64. The van der Waals surface area contributed by atoms with E-state index in [1.54, 1.807) is 0 Å². The zero-order chi connectivity index (χ0) is 15.1. The molecule has 1 unspecified atom stereocenters. The van der Waals surface area contributed by atoms with E-state index in [0.29, 0.717) is 18.4 Å². The molecule has 0 saturated carbocycles. The number of aliphatic carboxylic acids is 1. The van der Waals surface area contributed by atoms with Crippen LogP contribution in [0.4, 0.5) is 4.39 Å². The summed E-state index contributed by atoms with van der Waals surface area (Å²) >= 11 is 0. The van der Waals surface area contributed by atoms with E-state index < -0.39 is 17.8 Å². The summed E-state index contributed by atoms with van der Waals surface area (Å²) in [5, 5.41) is 11.7. The Labute approximate surface area is 118 Å². The van der Waals surface area contributed by atoms with Crippen LogP contribution in [0.2, 0.25) is 0 Å². The first kappa shape index (κ1) is 16.1. The molecule has 0 bridgehead atoms. The van der Waals surface area contributed by atoms with Crippen molar-refractivity contribution in [1.82, 2.24) is 5.32 Å². The van der Waals surface area contributed by atoms with Crippen molar-refractivity contribution < 1.29 is 19.1 Å². The van der Waals surface area contributed by atoms with Gasteiger partial charge in [0, 0.05) is 5.92 Å². The van der Waals surface area contributed by atoms with Gasteiger partial charge in [0.05, 0.1) is 12.5 Å². The van der Waals surface area contributed by atoms with E-state index >= 15 is 0 Å². The predicted molar refractivity (Wildman–Crippen MR) is 73.6 cm³/mol. The lowest BCUT2D eigenvalue weighted by atomic mass is 9.99. The molecule has 4 nitrogen and oxygen atoms in total. The van der Waals surface area contributed by atoms with Gasteiger partial charge in [0.2, 0.25) is 5.91 Å². The Balaban J connectivity index is 2.87. The van der Waals surface area contributed by atoms with E-state index in [4.69, 9.17) is 5.11 Å². The number of hydrogen-bond acceptors (Lipinski definition) is 2. The third-order valence-electron chi connectivity index (χ3n) is 3.32. The van der Waals surface area contributed by atoms with Gasteiger partial charge in [-0.15, -0.1) is 0 Å². The molecule has 0 spiro atoms. The maximum Gasteiger partial charge on any atom is 0.305 e. The lowest BCUT2D eigenvalue weighted by molar-refractivity contribution is -0.138. The average molecular weight is 281 g/mol. The normalized spacial score (nSPS) is 12.2. The number of amides is 1. The van der Waals surface area contributed by atoms with E-state index in [9.17, 15) is 14.0 Å². The van der Waals surface area contributed by atoms with E-state index in [-0.39, 0.29) is 18.2 Å². The van der Waals surface area contributed by atoms with E-state index in [2.05, 4.69) is 5.32 Å². The number of carboxylic acid groups (broad SMARTS) is 1. The van der Waals surface area contributed by atoms with Crippen molar-refractivity contribution in [1.29, 1.82) is 0 Å². The van der Waals surface area contributed by atoms with Crippen LogP contribution in [0.5, 0.6) is 0 Å². The van der Waals surface area contributed by atoms with Crippen molar-refractivity contribution in [3.8, 4) is 0 Å². The van der Waals surface area contributed by atoms with Crippen LogP contribution >= 0.6 is 0 Å². The van der Waals surface area contributed by atoms with Gasteiger partial charge in [-0.2, -0.15) is 0 Å². The summed E-state index contributed by atoms with van der Waals surface area (Å²) in [5.74, 6) is -1.70. The molecule has 0 fully saturated rings. The van der Waals surface area contributed by atoms with Crippen LogP contribution in [0, 0.1) is 11.7 Å². The Morgan fingerprint density at radius 2 is 1.75 bits per heavy atom. The molecule has 1 atom stereocenters. The predicted octanol–water partition coefficient (Wildman–Crippen LogP) is 2.89. The fraction of sp³-hybridized carbons (Fsp3) is 0.467. The molecule has 1 aromatic rings. The Bertz CT molecular complexity index is 455. The minimum atomic E-state index is -1.01. The molecular formula is C15H20FNO3. The Morgan fingerprint density at radius 3 is 2.20 bits per heavy atom.